The summed E-state index contributed by atoms with van der Waals surface area (Å²) in [6.45, 7) is 0. The molecule has 0 spiro atoms. The van der Waals surface area contributed by atoms with Crippen LogP contribution in [-0.2, 0) is 11.2 Å². The first-order valence-electron chi connectivity index (χ1n) is 9.94. The molecule has 4 rings (SSSR count). The Hall–Kier alpha value is -4.04. The minimum absolute atomic E-state index is 0.172. The Morgan fingerprint density at radius 2 is 1.59 bits per heavy atom. The minimum Gasteiger partial charge on any atom is -0.339 e. The normalized spacial score (nSPS) is 11.5. The molecule has 3 N–H and O–H groups in total. The van der Waals surface area contributed by atoms with Crippen LogP contribution in [0, 0.1) is 0 Å². The molecule has 1 atom stereocenters. The lowest BCUT2D eigenvalue weighted by Crippen LogP contribution is -2.53. The van der Waals surface area contributed by atoms with Crippen molar-refractivity contribution < 1.29 is 14.4 Å². The second-order valence-electron chi connectivity index (χ2n) is 7.03. The Morgan fingerprint density at radius 3 is 2.38 bits per heavy atom. The first-order chi connectivity index (χ1) is 15.6. The highest BCUT2D eigenvalue weighted by Crippen LogP contribution is 2.12. The number of hydrazine groups is 1. The predicted octanol–water partition coefficient (Wildman–Crippen LogP) is 3.10. The van der Waals surface area contributed by atoms with E-state index in [-0.39, 0.29) is 18.0 Å². The largest absolute Gasteiger partial charge is 0.339 e. The van der Waals surface area contributed by atoms with Crippen molar-refractivity contribution in [3.8, 4) is 0 Å². The van der Waals surface area contributed by atoms with Crippen molar-refractivity contribution in [2.24, 2.45) is 0 Å². The van der Waals surface area contributed by atoms with E-state index in [1.165, 1.54) is 11.3 Å². The molecule has 0 bridgehead atoms. The van der Waals surface area contributed by atoms with Gasteiger partial charge in [0.2, 0.25) is 0 Å². The highest BCUT2D eigenvalue weighted by molar-refractivity contribution is 7.12. The van der Waals surface area contributed by atoms with Gasteiger partial charge in [0, 0.05) is 11.8 Å². The minimum atomic E-state index is -0.878. The van der Waals surface area contributed by atoms with Crippen molar-refractivity contribution in [3.05, 3.63) is 100 Å². The Labute approximate surface area is 188 Å². The lowest BCUT2D eigenvalue weighted by Gasteiger charge is -2.18. The van der Waals surface area contributed by atoms with Gasteiger partial charge >= 0.3 is 0 Å². The summed E-state index contributed by atoms with van der Waals surface area (Å²) in [5.74, 6) is -1.43. The standard InChI is InChI=1S/C24H20N4O3S/c29-22(19-13-12-17-9-4-5-10-18(17)25-19)27-28-23(30)20(15-16-7-2-1-3-8-16)26-24(31)21-11-6-14-32-21/h1-14,20H,15H2,(H,26,31)(H,27,29)(H,28,30)/t20-/m0/s1. The van der Waals surface area contributed by atoms with Crippen molar-refractivity contribution in [1.29, 1.82) is 0 Å². The van der Waals surface area contributed by atoms with E-state index >= 15 is 0 Å². The summed E-state index contributed by atoms with van der Waals surface area (Å²) in [4.78, 5) is 42.7. The number of para-hydroxylation sites is 1. The summed E-state index contributed by atoms with van der Waals surface area (Å²) in [5, 5.41) is 5.45. The van der Waals surface area contributed by atoms with Gasteiger partial charge in [0.1, 0.15) is 11.7 Å². The van der Waals surface area contributed by atoms with Gasteiger partial charge in [-0.05, 0) is 29.1 Å². The topological polar surface area (TPSA) is 100 Å². The van der Waals surface area contributed by atoms with E-state index in [9.17, 15) is 14.4 Å². The van der Waals surface area contributed by atoms with Crippen molar-refractivity contribution in [2.75, 3.05) is 0 Å². The van der Waals surface area contributed by atoms with Gasteiger partial charge in [-0.2, -0.15) is 0 Å². The highest BCUT2D eigenvalue weighted by Gasteiger charge is 2.23. The third kappa shape index (κ3) is 5.16. The van der Waals surface area contributed by atoms with Crippen LogP contribution in [0.4, 0.5) is 0 Å². The molecule has 0 aliphatic carbocycles. The van der Waals surface area contributed by atoms with E-state index in [2.05, 4.69) is 21.2 Å². The average Bonchev–Trinajstić information content (AvgIpc) is 3.37. The van der Waals surface area contributed by atoms with Crippen LogP contribution in [0.25, 0.3) is 10.9 Å². The number of aromatic nitrogens is 1. The fraction of sp³-hybridized carbons (Fsp3) is 0.0833. The van der Waals surface area contributed by atoms with E-state index in [0.717, 1.165) is 10.9 Å². The molecule has 0 saturated heterocycles. The quantitative estimate of drug-likeness (QED) is 0.398. The molecule has 0 radical (unpaired) electrons. The molecule has 0 saturated carbocycles. The maximum Gasteiger partial charge on any atom is 0.288 e. The Bertz CT molecular complexity index is 1240. The molecule has 0 aliphatic heterocycles. The number of carbonyl (C=O) groups excluding carboxylic acids is 3. The SMILES string of the molecule is O=C(NNC(=O)[C@H](Cc1ccccc1)NC(=O)c1cccs1)c1ccc2ccccc2n1. The number of benzene rings is 2. The van der Waals surface area contributed by atoms with Crippen LogP contribution < -0.4 is 16.2 Å². The first kappa shape index (κ1) is 21.2. The number of pyridine rings is 1. The van der Waals surface area contributed by atoms with Gasteiger partial charge in [-0.25, -0.2) is 4.98 Å². The van der Waals surface area contributed by atoms with E-state index in [0.29, 0.717) is 10.4 Å². The van der Waals surface area contributed by atoms with Crippen molar-refractivity contribution in [1.82, 2.24) is 21.2 Å². The zero-order valence-corrected chi connectivity index (χ0v) is 17.8. The zero-order chi connectivity index (χ0) is 22.3. The number of hydrogen-bond acceptors (Lipinski definition) is 5. The van der Waals surface area contributed by atoms with Gasteiger partial charge in [-0.15, -0.1) is 11.3 Å². The Balaban J connectivity index is 1.44. The number of amides is 3. The molecule has 160 valence electrons. The number of rotatable bonds is 6. The summed E-state index contributed by atoms with van der Waals surface area (Å²) in [6, 6.07) is 22.7. The molecule has 0 unspecified atom stereocenters. The molecule has 8 heteroatoms. The number of hydrogen-bond donors (Lipinski definition) is 3. The van der Waals surface area contributed by atoms with Gasteiger partial charge in [0.25, 0.3) is 17.7 Å². The van der Waals surface area contributed by atoms with E-state index in [1.54, 1.807) is 35.7 Å². The van der Waals surface area contributed by atoms with Crippen molar-refractivity contribution in [3.63, 3.8) is 0 Å². The molecule has 0 fully saturated rings. The van der Waals surface area contributed by atoms with Crippen LogP contribution in [0.3, 0.4) is 0 Å². The van der Waals surface area contributed by atoms with Crippen LogP contribution in [0.5, 0.6) is 0 Å². The van der Waals surface area contributed by atoms with E-state index < -0.39 is 17.9 Å². The number of fused-ring (bicyclic) bond motifs is 1. The molecule has 0 aliphatic rings. The average molecular weight is 445 g/mol. The zero-order valence-electron chi connectivity index (χ0n) is 16.9. The first-order valence-corrected chi connectivity index (χ1v) is 10.8. The third-order valence-corrected chi connectivity index (χ3v) is 5.65. The molecule has 7 nitrogen and oxygen atoms in total. The van der Waals surface area contributed by atoms with Crippen LogP contribution in [0.2, 0.25) is 0 Å². The predicted molar refractivity (Wildman–Crippen MR) is 123 cm³/mol. The monoisotopic (exact) mass is 444 g/mol. The number of thiophene rings is 1. The fourth-order valence-electron chi connectivity index (χ4n) is 3.16. The fourth-order valence-corrected chi connectivity index (χ4v) is 3.79. The second kappa shape index (κ2) is 9.84. The molecule has 2 heterocycles. The smallest absolute Gasteiger partial charge is 0.288 e. The van der Waals surface area contributed by atoms with Gasteiger partial charge in [-0.3, -0.25) is 25.2 Å². The lowest BCUT2D eigenvalue weighted by molar-refractivity contribution is -0.123. The molecule has 2 aromatic heterocycles. The molecular weight excluding hydrogens is 424 g/mol. The van der Waals surface area contributed by atoms with Crippen LogP contribution in [0.15, 0.2) is 84.2 Å². The maximum absolute atomic E-state index is 12.8. The lowest BCUT2D eigenvalue weighted by atomic mass is 10.1. The molecule has 32 heavy (non-hydrogen) atoms. The number of nitrogens with zero attached hydrogens (tertiary/aromatic N) is 1. The molecular formula is C24H20N4O3S. The summed E-state index contributed by atoms with van der Waals surface area (Å²) < 4.78 is 0. The van der Waals surface area contributed by atoms with Crippen LogP contribution >= 0.6 is 11.3 Å². The number of carbonyl (C=O) groups is 3. The second-order valence-corrected chi connectivity index (χ2v) is 7.97. The summed E-state index contributed by atoms with van der Waals surface area (Å²) in [6.07, 6.45) is 0.272. The Morgan fingerprint density at radius 1 is 0.812 bits per heavy atom. The van der Waals surface area contributed by atoms with E-state index in [4.69, 9.17) is 0 Å². The van der Waals surface area contributed by atoms with Gasteiger partial charge in [0.15, 0.2) is 0 Å². The number of nitrogens with one attached hydrogen (secondary N) is 3. The van der Waals surface area contributed by atoms with Crippen molar-refractivity contribution in [2.45, 2.75) is 12.5 Å². The highest BCUT2D eigenvalue weighted by atomic mass is 32.1. The summed E-state index contributed by atoms with van der Waals surface area (Å²) in [5.41, 5.74) is 6.52. The third-order valence-electron chi connectivity index (χ3n) is 4.78. The molecule has 4 aromatic rings. The van der Waals surface area contributed by atoms with Crippen molar-refractivity contribution >= 4 is 40.0 Å². The van der Waals surface area contributed by atoms with E-state index in [1.807, 2.05) is 48.5 Å². The van der Waals surface area contributed by atoms with Gasteiger partial charge < -0.3 is 5.32 Å². The summed E-state index contributed by atoms with van der Waals surface area (Å²) in [7, 11) is 0. The molecule has 3 amide bonds. The molecule has 2 aromatic carbocycles. The Kier molecular flexibility index (Phi) is 6.52. The maximum atomic E-state index is 12.8. The summed E-state index contributed by atoms with van der Waals surface area (Å²) >= 11 is 1.29. The van der Waals surface area contributed by atoms with Gasteiger partial charge in [-0.1, -0.05) is 60.7 Å². The van der Waals surface area contributed by atoms with Crippen LogP contribution in [0.1, 0.15) is 25.7 Å². The van der Waals surface area contributed by atoms with Gasteiger partial charge in [0.05, 0.1) is 10.4 Å². The van der Waals surface area contributed by atoms with Crippen LogP contribution in [-0.4, -0.2) is 28.7 Å².